The first kappa shape index (κ1) is 26.2. The number of aliphatic imine (C=N–C) groups is 1. The molecule has 0 spiro atoms. The maximum Gasteiger partial charge on any atom is 0.232 e. The summed E-state index contributed by atoms with van der Waals surface area (Å²) >= 11 is 0. The van der Waals surface area contributed by atoms with Gasteiger partial charge in [-0.25, -0.2) is 0 Å². The molecule has 1 N–H and O–H groups in total. The third kappa shape index (κ3) is 6.60. The van der Waals surface area contributed by atoms with Crippen LogP contribution in [0, 0.1) is 18.3 Å². The number of aryl methyl sites for hydroxylation is 1. The second-order valence-corrected chi connectivity index (χ2v) is 9.54. The lowest BCUT2D eigenvalue weighted by Gasteiger charge is -2.32. The van der Waals surface area contributed by atoms with E-state index in [0.29, 0.717) is 12.5 Å². The molecule has 186 valence electrons. The highest BCUT2D eigenvalue weighted by molar-refractivity contribution is 5.93. The number of pyridine rings is 2. The second-order valence-electron chi connectivity index (χ2n) is 9.54. The zero-order valence-electron chi connectivity index (χ0n) is 21.9. The molecule has 1 atom stereocenters. The number of aromatic nitrogens is 2. The van der Waals surface area contributed by atoms with Crippen LogP contribution >= 0.6 is 0 Å². The molecular formula is C28H38N6O. The number of piperidine rings is 1. The lowest BCUT2D eigenvalue weighted by atomic mass is 9.90. The number of anilines is 2. The molecule has 0 bridgehead atoms. The zero-order valence-corrected chi connectivity index (χ0v) is 21.9. The molecule has 0 amide bonds. The third-order valence-corrected chi connectivity index (χ3v) is 6.39. The van der Waals surface area contributed by atoms with Gasteiger partial charge < -0.3 is 15.0 Å². The number of nitriles is 1. The van der Waals surface area contributed by atoms with Crippen molar-refractivity contribution in [1.82, 2.24) is 14.9 Å². The predicted molar refractivity (Wildman–Crippen MR) is 142 cm³/mol. The fraction of sp³-hybridized carbons (Fsp3) is 0.500. The first-order chi connectivity index (χ1) is 16.8. The number of hydrogen-bond acceptors (Lipinski definition) is 7. The summed E-state index contributed by atoms with van der Waals surface area (Å²) < 4.78 is 5.91. The van der Waals surface area contributed by atoms with E-state index >= 15 is 0 Å². The van der Waals surface area contributed by atoms with Crippen molar-refractivity contribution < 1.29 is 4.74 Å². The van der Waals surface area contributed by atoms with E-state index in [1.807, 2.05) is 46.0 Å². The normalized spacial score (nSPS) is 16.0. The molecule has 1 aliphatic heterocycles. The number of ether oxygens (including phenoxy) is 1. The Bertz CT molecular complexity index is 1110. The maximum atomic E-state index is 9.47. The van der Waals surface area contributed by atoms with Crippen molar-refractivity contribution in [3.63, 3.8) is 0 Å². The van der Waals surface area contributed by atoms with Crippen LogP contribution < -0.4 is 5.32 Å². The van der Waals surface area contributed by atoms with E-state index in [-0.39, 0.29) is 5.92 Å². The van der Waals surface area contributed by atoms with E-state index in [2.05, 4.69) is 50.3 Å². The average Bonchev–Trinajstić information content (AvgIpc) is 2.87. The number of nitrogens with zero attached hydrogens (tertiary/aromatic N) is 5. The Balaban J connectivity index is 1.91. The predicted octanol–water partition coefficient (Wildman–Crippen LogP) is 5.87. The molecule has 3 rings (SSSR count). The third-order valence-electron chi connectivity index (χ3n) is 6.39. The Morgan fingerprint density at radius 1 is 1.26 bits per heavy atom. The van der Waals surface area contributed by atoms with Crippen LogP contribution in [0.1, 0.15) is 69.8 Å². The van der Waals surface area contributed by atoms with Crippen LogP contribution in [0.15, 0.2) is 47.4 Å². The topological polar surface area (TPSA) is 86.4 Å². The van der Waals surface area contributed by atoms with E-state index in [1.165, 1.54) is 19.3 Å². The second kappa shape index (κ2) is 11.8. The van der Waals surface area contributed by atoms with Crippen molar-refractivity contribution in [3.05, 3.63) is 59.3 Å². The largest absolute Gasteiger partial charge is 0.477 e. The average molecular weight is 475 g/mol. The Morgan fingerprint density at radius 3 is 2.66 bits per heavy atom. The summed E-state index contributed by atoms with van der Waals surface area (Å²) in [4.78, 5) is 15.9. The van der Waals surface area contributed by atoms with Gasteiger partial charge in [-0.15, -0.1) is 0 Å². The Kier molecular flexibility index (Phi) is 8.86. The molecule has 0 saturated carbocycles. The Morgan fingerprint density at radius 2 is 2.00 bits per heavy atom. The van der Waals surface area contributed by atoms with E-state index in [0.717, 1.165) is 47.1 Å². The monoisotopic (exact) mass is 474 g/mol. The van der Waals surface area contributed by atoms with Gasteiger partial charge in [0.15, 0.2) is 0 Å². The fourth-order valence-electron chi connectivity index (χ4n) is 4.32. The van der Waals surface area contributed by atoms with E-state index in [9.17, 15) is 5.26 Å². The van der Waals surface area contributed by atoms with Crippen molar-refractivity contribution in [2.75, 3.05) is 32.1 Å². The van der Waals surface area contributed by atoms with Gasteiger partial charge in [-0.3, -0.25) is 15.0 Å². The van der Waals surface area contributed by atoms with Gasteiger partial charge in [-0.2, -0.15) is 5.26 Å². The molecule has 2 aromatic heterocycles. The molecule has 1 saturated heterocycles. The number of allylic oxidation sites excluding steroid dienone is 1. The van der Waals surface area contributed by atoms with Crippen LogP contribution in [0.5, 0.6) is 0 Å². The van der Waals surface area contributed by atoms with Gasteiger partial charge in [-0.05, 0) is 76.8 Å². The van der Waals surface area contributed by atoms with Crippen LogP contribution in [0.3, 0.4) is 0 Å². The van der Waals surface area contributed by atoms with Gasteiger partial charge in [0.05, 0.1) is 41.4 Å². The van der Waals surface area contributed by atoms with Gasteiger partial charge in [0.25, 0.3) is 0 Å². The summed E-state index contributed by atoms with van der Waals surface area (Å²) in [5.74, 6) is 0.814. The summed E-state index contributed by atoms with van der Waals surface area (Å²) in [5, 5.41) is 12.9. The van der Waals surface area contributed by atoms with Gasteiger partial charge in [0.2, 0.25) is 5.90 Å². The standard InChI is InChI=1S/C28H38N6O/c1-7-35-27(30-6)25(34-13-9-8-10-14-34)15-20(2)24-16-23(18-32-21(24)3)33-22-11-12-31-26(17-22)28(4,5)19-29/h11-12,15-18,20H,7-10,13-14H2,1-6H3,(H,31,33)/b25-15+,30-27?. The molecular weight excluding hydrogens is 436 g/mol. The number of hydrogen-bond donors (Lipinski definition) is 1. The minimum atomic E-state index is -0.655. The molecule has 3 heterocycles. The minimum absolute atomic E-state index is 0.115. The molecule has 1 aliphatic rings. The quantitative estimate of drug-likeness (QED) is 0.380. The lowest BCUT2D eigenvalue weighted by Crippen LogP contribution is -2.34. The SMILES string of the molecule is CCOC(=NC)/C(=C\C(C)c1cc(Nc2ccnc(C(C)(C)C#N)c2)cnc1C)N1CCCCC1. The molecule has 0 aromatic carbocycles. The molecule has 7 nitrogen and oxygen atoms in total. The molecule has 35 heavy (non-hydrogen) atoms. The lowest BCUT2D eigenvalue weighted by molar-refractivity contribution is 0.267. The molecule has 0 radical (unpaired) electrons. The Labute approximate surface area is 210 Å². The van der Waals surface area contributed by atoms with Gasteiger partial charge >= 0.3 is 0 Å². The molecule has 2 aromatic rings. The van der Waals surface area contributed by atoms with E-state index in [4.69, 9.17) is 4.74 Å². The van der Waals surface area contributed by atoms with Crippen molar-refractivity contribution in [2.45, 2.75) is 65.2 Å². The summed E-state index contributed by atoms with van der Waals surface area (Å²) in [6.45, 7) is 12.6. The minimum Gasteiger partial charge on any atom is -0.477 e. The van der Waals surface area contributed by atoms with Gasteiger partial charge in [-0.1, -0.05) is 6.92 Å². The summed E-state index contributed by atoms with van der Waals surface area (Å²) in [7, 11) is 1.79. The van der Waals surface area contributed by atoms with E-state index in [1.54, 1.807) is 13.2 Å². The molecule has 7 heteroatoms. The van der Waals surface area contributed by atoms with Crippen molar-refractivity contribution in [1.29, 1.82) is 5.26 Å². The fourth-order valence-corrected chi connectivity index (χ4v) is 4.32. The van der Waals surface area contributed by atoms with Gasteiger partial charge in [0, 0.05) is 43.6 Å². The smallest absolute Gasteiger partial charge is 0.232 e. The number of rotatable bonds is 8. The van der Waals surface area contributed by atoms with Crippen molar-refractivity contribution in [3.8, 4) is 6.07 Å². The maximum absolute atomic E-state index is 9.47. The number of likely N-dealkylation sites (tertiary alicyclic amines) is 1. The molecule has 1 unspecified atom stereocenters. The van der Waals surface area contributed by atoms with E-state index < -0.39 is 5.41 Å². The summed E-state index contributed by atoms with van der Waals surface area (Å²) in [6.07, 6.45) is 9.48. The summed E-state index contributed by atoms with van der Waals surface area (Å²) in [6, 6.07) is 8.29. The van der Waals surface area contributed by atoms with Crippen LogP contribution in [0.25, 0.3) is 0 Å². The van der Waals surface area contributed by atoms with Crippen molar-refractivity contribution in [2.24, 2.45) is 4.99 Å². The molecule has 0 aliphatic carbocycles. The highest BCUT2D eigenvalue weighted by Crippen LogP contribution is 2.29. The highest BCUT2D eigenvalue weighted by atomic mass is 16.5. The van der Waals surface area contributed by atoms with Gasteiger partial charge in [0.1, 0.15) is 0 Å². The van der Waals surface area contributed by atoms with Crippen LogP contribution in [0.2, 0.25) is 0 Å². The molecule has 1 fully saturated rings. The zero-order chi connectivity index (χ0) is 25.4. The first-order valence-corrected chi connectivity index (χ1v) is 12.5. The van der Waals surface area contributed by atoms with Crippen LogP contribution in [0.4, 0.5) is 11.4 Å². The van der Waals surface area contributed by atoms with Crippen molar-refractivity contribution >= 4 is 17.3 Å². The van der Waals surface area contributed by atoms with Crippen LogP contribution in [-0.2, 0) is 10.2 Å². The summed E-state index contributed by atoms with van der Waals surface area (Å²) in [5.41, 5.74) is 5.05. The number of nitrogens with one attached hydrogen (secondary N) is 1. The Hall–Kier alpha value is -3.40. The van der Waals surface area contributed by atoms with Crippen LogP contribution in [-0.4, -0.2) is 47.5 Å². The highest BCUT2D eigenvalue weighted by Gasteiger charge is 2.23. The first-order valence-electron chi connectivity index (χ1n) is 12.5.